The van der Waals surface area contributed by atoms with Crippen LogP contribution in [0.4, 0.5) is 14.5 Å². The molecule has 0 saturated heterocycles. The molecule has 0 fully saturated rings. The first-order chi connectivity index (χ1) is 13.4. The van der Waals surface area contributed by atoms with Crippen LogP contribution in [0.15, 0.2) is 16.6 Å². The van der Waals surface area contributed by atoms with Gasteiger partial charge in [-0.05, 0) is 37.8 Å². The number of anilines is 1. The molecule has 0 spiro atoms. The summed E-state index contributed by atoms with van der Waals surface area (Å²) in [5.74, 6) is -1.98. The van der Waals surface area contributed by atoms with E-state index in [2.05, 4.69) is 15.9 Å². The molecule has 2 heterocycles. The van der Waals surface area contributed by atoms with Gasteiger partial charge in [-0.1, -0.05) is 15.9 Å². The quantitative estimate of drug-likeness (QED) is 0.657. The summed E-state index contributed by atoms with van der Waals surface area (Å²) in [6.07, 6.45) is 3.30. The van der Waals surface area contributed by atoms with Crippen molar-refractivity contribution in [2.75, 3.05) is 11.4 Å². The minimum Gasteiger partial charge on any atom is -0.461 e. The van der Waals surface area contributed by atoms with E-state index < -0.39 is 23.5 Å². The maximum absolute atomic E-state index is 15.0. The summed E-state index contributed by atoms with van der Waals surface area (Å²) in [6, 6.07) is 2.47. The molecule has 0 N–H and O–H groups in total. The lowest BCUT2D eigenvalue weighted by Crippen LogP contribution is -2.41. The Hall–Kier alpha value is -2.22. The highest BCUT2D eigenvalue weighted by atomic mass is 79.9. The summed E-state index contributed by atoms with van der Waals surface area (Å²) >= 11 is 3.28. The molecule has 148 valence electrons. The molecule has 1 aromatic heterocycles. The van der Waals surface area contributed by atoms with Gasteiger partial charge in [-0.3, -0.25) is 9.59 Å². The highest BCUT2D eigenvalue weighted by molar-refractivity contribution is 9.10. The highest BCUT2D eigenvalue weighted by Crippen LogP contribution is 2.36. The normalized spacial score (nSPS) is 16.0. The molecule has 2 aliphatic rings. The van der Waals surface area contributed by atoms with Crippen molar-refractivity contribution in [1.29, 1.82) is 0 Å². The van der Waals surface area contributed by atoms with Gasteiger partial charge in [-0.15, -0.1) is 0 Å². The van der Waals surface area contributed by atoms with Gasteiger partial charge in [0.25, 0.3) is 5.91 Å². The molecule has 8 heteroatoms. The first-order valence-corrected chi connectivity index (χ1v) is 10.0. The van der Waals surface area contributed by atoms with E-state index in [0.717, 1.165) is 25.0 Å². The number of aromatic nitrogens is 1. The number of hydrogen-bond acceptors (Lipinski definition) is 3. The fourth-order valence-electron chi connectivity index (χ4n) is 4.08. The minimum atomic E-state index is -0.540. The van der Waals surface area contributed by atoms with Crippen LogP contribution in [-0.2, 0) is 35.5 Å². The van der Waals surface area contributed by atoms with Crippen LogP contribution >= 0.6 is 15.9 Å². The summed E-state index contributed by atoms with van der Waals surface area (Å²) < 4.78 is 36.4. The minimum absolute atomic E-state index is 0.0389. The lowest BCUT2D eigenvalue weighted by atomic mass is 9.97. The third-order valence-electron chi connectivity index (χ3n) is 5.35. The maximum Gasteiger partial charge on any atom is 0.302 e. The van der Waals surface area contributed by atoms with Crippen molar-refractivity contribution in [3.05, 3.63) is 50.8 Å². The Balaban J connectivity index is 1.77. The molecule has 0 saturated carbocycles. The fraction of sp³-hybridized carbons (Fsp3) is 0.400. The van der Waals surface area contributed by atoms with Gasteiger partial charge in [0, 0.05) is 41.3 Å². The van der Waals surface area contributed by atoms with E-state index in [9.17, 15) is 14.0 Å². The number of hydrogen-bond donors (Lipinski definition) is 0. The predicted molar refractivity (Wildman–Crippen MR) is 102 cm³/mol. The van der Waals surface area contributed by atoms with E-state index in [1.54, 1.807) is 4.57 Å². The summed E-state index contributed by atoms with van der Waals surface area (Å²) in [4.78, 5) is 25.8. The summed E-state index contributed by atoms with van der Waals surface area (Å²) in [7, 11) is 0. The number of amides is 1. The Morgan fingerprint density at radius 3 is 2.71 bits per heavy atom. The van der Waals surface area contributed by atoms with Crippen LogP contribution in [0, 0.1) is 11.6 Å². The van der Waals surface area contributed by atoms with Gasteiger partial charge in [0.1, 0.15) is 18.1 Å². The number of benzene rings is 1. The first kappa shape index (κ1) is 19.1. The Kier molecular flexibility index (Phi) is 4.99. The molecule has 28 heavy (non-hydrogen) atoms. The van der Waals surface area contributed by atoms with Gasteiger partial charge in [0.15, 0.2) is 5.82 Å². The third-order valence-corrected chi connectivity index (χ3v) is 6.06. The Morgan fingerprint density at radius 1 is 1.21 bits per heavy atom. The lowest BCUT2D eigenvalue weighted by molar-refractivity contribution is -0.142. The zero-order valence-electron chi connectivity index (χ0n) is 15.4. The molecule has 0 atom stereocenters. The van der Waals surface area contributed by atoms with Crippen molar-refractivity contribution in [1.82, 2.24) is 4.57 Å². The number of ether oxygens (including phenoxy) is 1. The van der Waals surface area contributed by atoms with Crippen LogP contribution in [-0.4, -0.2) is 23.0 Å². The van der Waals surface area contributed by atoms with E-state index in [1.165, 1.54) is 24.0 Å². The Morgan fingerprint density at radius 2 is 1.96 bits per heavy atom. The van der Waals surface area contributed by atoms with E-state index in [-0.39, 0.29) is 24.5 Å². The van der Waals surface area contributed by atoms with Crippen LogP contribution in [0.25, 0.3) is 0 Å². The number of carbonyl (C=O) groups excluding carboxylic acids is 2. The second-order valence-electron chi connectivity index (χ2n) is 7.07. The van der Waals surface area contributed by atoms with Gasteiger partial charge in [0.2, 0.25) is 0 Å². The zero-order valence-corrected chi connectivity index (χ0v) is 16.9. The number of rotatable bonds is 3. The molecule has 1 aromatic carbocycles. The van der Waals surface area contributed by atoms with E-state index in [0.29, 0.717) is 28.6 Å². The molecule has 1 aliphatic carbocycles. The van der Waals surface area contributed by atoms with Gasteiger partial charge in [-0.25, -0.2) is 8.78 Å². The topological polar surface area (TPSA) is 51.5 Å². The first-order valence-electron chi connectivity index (χ1n) is 9.21. The van der Waals surface area contributed by atoms with E-state index in [1.807, 2.05) is 0 Å². The number of nitrogens with zero attached hydrogens (tertiary/aromatic N) is 2. The highest BCUT2D eigenvalue weighted by Gasteiger charge is 2.36. The maximum atomic E-state index is 15.0. The van der Waals surface area contributed by atoms with Gasteiger partial charge < -0.3 is 14.2 Å². The van der Waals surface area contributed by atoms with Gasteiger partial charge in [-0.2, -0.15) is 0 Å². The smallest absolute Gasteiger partial charge is 0.302 e. The van der Waals surface area contributed by atoms with Gasteiger partial charge in [0.05, 0.1) is 5.69 Å². The largest absolute Gasteiger partial charge is 0.461 e. The van der Waals surface area contributed by atoms with Crippen molar-refractivity contribution in [2.45, 2.75) is 45.8 Å². The van der Waals surface area contributed by atoms with Crippen molar-refractivity contribution in [3.63, 3.8) is 0 Å². The second kappa shape index (κ2) is 7.31. The summed E-state index contributed by atoms with van der Waals surface area (Å²) in [5.41, 5.74) is 2.33. The molecule has 5 nitrogen and oxygen atoms in total. The third kappa shape index (κ3) is 3.13. The molecule has 1 amide bonds. The average molecular weight is 453 g/mol. The van der Waals surface area contributed by atoms with Gasteiger partial charge >= 0.3 is 5.97 Å². The molecule has 0 bridgehead atoms. The Labute approximate surface area is 169 Å². The van der Waals surface area contributed by atoms with Crippen molar-refractivity contribution >= 4 is 33.5 Å². The molecule has 1 aliphatic heterocycles. The summed E-state index contributed by atoms with van der Waals surface area (Å²) in [5, 5.41) is 0. The van der Waals surface area contributed by atoms with Crippen LogP contribution in [0.1, 0.15) is 47.1 Å². The SMILES string of the molecule is CC(=O)OCc1c(Br)cc(F)cc1N1CCn2c3c(c(F)c2C1=O)CCCC3. The zero-order chi connectivity index (χ0) is 20.0. The molecular formula is C20H19BrF2N2O3. The molecule has 2 aromatic rings. The molecular weight excluding hydrogens is 434 g/mol. The van der Waals surface area contributed by atoms with Crippen LogP contribution in [0.5, 0.6) is 0 Å². The molecule has 0 radical (unpaired) electrons. The standard InChI is InChI=1S/C20H19BrF2N2O3/c1-11(26)28-10-14-15(21)8-12(22)9-17(14)25-7-6-24-16-5-3-2-4-13(16)18(23)19(24)20(25)27/h8-9H,2-7,10H2,1H3. The fourth-order valence-corrected chi connectivity index (χ4v) is 4.62. The number of esters is 1. The average Bonchev–Trinajstić information content (AvgIpc) is 2.94. The van der Waals surface area contributed by atoms with Crippen molar-refractivity contribution in [2.24, 2.45) is 0 Å². The number of fused-ring (bicyclic) bond motifs is 3. The molecule has 4 rings (SSSR count). The van der Waals surface area contributed by atoms with Crippen molar-refractivity contribution in [3.8, 4) is 0 Å². The molecule has 0 unspecified atom stereocenters. The summed E-state index contributed by atoms with van der Waals surface area (Å²) in [6.45, 7) is 1.88. The number of halogens is 3. The van der Waals surface area contributed by atoms with Crippen LogP contribution in [0.3, 0.4) is 0 Å². The second-order valence-corrected chi connectivity index (χ2v) is 7.92. The van der Waals surface area contributed by atoms with Crippen LogP contribution < -0.4 is 4.90 Å². The lowest BCUT2D eigenvalue weighted by Gasteiger charge is -2.31. The monoisotopic (exact) mass is 452 g/mol. The van der Waals surface area contributed by atoms with E-state index >= 15 is 4.39 Å². The van der Waals surface area contributed by atoms with Crippen molar-refractivity contribution < 1.29 is 23.1 Å². The van der Waals surface area contributed by atoms with E-state index in [4.69, 9.17) is 4.74 Å². The van der Waals surface area contributed by atoms with Crippen LogP contribution in [0.2, 0.25) is 0 Å². The predicted octanol–water partition coefficient (Wildman–Crippen LogP) is 4.13. The Bertz CT molecular complexity index is 987. The number of carbonyl (C=O) groups is 2.